The van der Waals surface area contributed by atoms with Crippen molar-refractivity contribution in [2.75, 3.05) is 0 Å². The van der Waals surface area contributed by atoms with E-state index in [1.54, 1.807) is 22.7 Å². The summed E-state index contributed by atoms with van der Waals surface area (Å²) in [5.74, 6) is 0. The van der Waals surface area contributed by atoms with Crippen LogP contribution in [0.25, 0.3) is 63.5 Å². The van der Waals surface area contributed by atoms with Crippen molar-refractivity contribution in [1.82, 2.24) is 18.8 Å². The number of fused-ring (bicyclic) bond motifs is 10. The predicted molar refractivity (Wildman–Crippen MR) is 224 cm³/mol. The van der Waals surface area contributed by atoms with Crippen molar-refractivity contribution >= 4 is 104 Å². The molecule has 7 heteroatoms. The second kappa shape index (κ2) is 11.3. The largest absolute Gasteiger partial charge is 0.283 e. The fourth-order valence-corrected chi connectivity index (χ4v) is 15.2. The number of thiazole rings is 2. The molecule has 0 unspecified atom stereocenters. The van der Waals surface area contributed by atoms with Crippen molar-refractivity contribution in [3.63, 3.8) is 0 Å². The summed E-state index contributed by atoms with van der Waals surface area (Å²) in [6, 6.07) is 60.7. The van der Waals surface area contributed by atoms with Crippen LogP contribution in [0.2, 0.25) is 0 Å². The first-order valence-corrected chi connectivity index (χ1v) is 21.1. The molecule has 11 rings (SSSR count). The second-order valence-corrected chi connectivity index (χ2v) is 19.3. The van der Waals surface area contributed by atoms with Gasteiger partial charge in [0, 0.05) is 0 Å². The number of rotatable bonds is 5. The van der Waals surface area contributed by atoms with Gasteiger partial charge in [0.15, 0.2) is 18.0 Å². The van der Waals surface area contributed by atoms with E-state index in [4.69, 9.17) is 9.97 Å². The number of imidazole rings is 2. The van der Waals surface area contributed by atoms with Crippen molar-refractivity contribution in [2.45, 2.75) is 6.92 Å². The van der Waals surface area contributed by atoms with Gasteiger partial charge in [0.1, 0.15) is 0 Å². The van der Waals surface area contributed by atoms with Gasteiger partial charge < -0.3 is 0 Å². The lowest BCUT2D eigenvalue weighted by Crippen LogP contribution is -2.74. The molecule has 0 aliphatic rings. The number of hydrogen-bond donors (Lipinski definition) is 0. The molecule has 4 aromatic heterocycles. The molecule has 246 valence electrons. The maximum Gasteiger partial charge on any atom is 0.195 e. The Morgan fingerprint density at radius 2 is 1.04 bits per heavy atom. The number of aromatic nitrogens is 4. The molecule has 0 radical (unpaired) electrons. The van der Waals surface area contributed by atoms with E-state index >= 15 is 0 Å². The first-order chi connectivity index (χ1) is 25.7. The fourth-order valence-electron chi connectivity index (χ4n) is 8.36. The van der Waals surface area contributed by atoms with Crippen LogP contribution in [0.3, 0.4) is 0 Å². The minimum Gasteiger partial charge on any atom is -0.283 e. The zero-order chi connectivity index (χ0) is 34.4. The highest BCUT2D eigenvalue weighted by Gasteiger charge is 2.42. The molecule has 11 aromatic rings. The van der Waals surface area contributed by atoms with Crippen LogP contribution in [-0.4, -0.2) is 26.8 Å². The monoisotopic (exact) mass is 718 g/mol. The van der Waals surface area contributed by atoms with Gasteiger partial charge in [-0.2, -0.15) is 0 Å². The molecule has 0 fully saturated rings. The second-order valence-electron chi connectivity index (χ2n) is 13.5. The van der Waals surface area contributed by atoms with Gasteiger partial charge in [-0.25, -0.2) is 9.97 Å². The van der Waals surface area contributed by atoms with Crippen LogP contribution in [0.1, 0.15) is 5.56 Å². The van der Waals surface area contributed by atoms with Gasteiger partial charge in [-0.05, 0) is 92.9 Å². The number of aryl methyl sites for hydroxylation is 1. The van der Waals surface area contributed by atoms with Gasteiger partial charge in [0.2, 0.25) is 0 Å². The fraction of sp³-hybridized carbons (Fsp3) is 0.0222. The molecular weight excluding hydrogens is 689 g/mol. The molecule has 0 spiro atoms. The number of para-hydroxylation sites is 3. The quantitative estimate of drug-likeness (QED) is 0.132. The Bertz CT molecular complexity index is 3110. The Kier molecular flexibility index (Phi) is 6.49. The van der Waals surface area contributed by atoms with Crippen molar-refractivity contribution < 1.29 is 0 Å². The van der Waals surface area contributed by atoms with Crippen molar-refractivity contribution in [3.8, 4) is 11.1 Å². The molecule has 0 N–H and O–H groups in total. The van der Waals surface area contributed by atoms with Crippen molar-refractivity contribution in [2.24, 2.45) is 0 Å². The van der Waals surface area contributed by atoms with E-state index in [0.717, 1.165) is 32.0 Å². The van der Waals surface area contributed by atoms with Crippen LogP contribution in [0.15, 0.2) is 164 Å². The summed E-state index contributed by atoms with van der Waals surface area (Å²) in [6.45, 7) is 2.22. The van der Waals surface area contributed by atoms with Crippen molar-refractivity contribution in [3.05, 3.63) is 169 Å². The SMILES string of the molecule is Cc1cc2nc3sc4ccccc4n3c2cc1-c1cccc([Si](c2ccccc2)(c2ccccc2)c2ccc3sc4nc5ccccc5n4c3c2)c1. The lowest BCUT2D eigenvalue weighted by Gasteiger charge is -2.34. The minimum absolute atomic E-state index is 1.03. The summed E-state index contributed by atoms with van der Waals surface area (Å²) in [4.78, 5) is 12.1. The standard InChI is InChI=1S/C45H30N4S2Si/c1-29-25-37-40(49-39-21-10-11-22-42(39)50-45(49)47-37)28-35(29)30-13-12-18-33(26-30)52(31-14-4-2-5-15-31,32-16-6-3-7-17-32)34-23-24-43-41(27-34)48-38-20-9-8-19-36(38)46-44(48)51-43/h2-28H,1H3. The third-order valence-electron chi connectivity index (χ3n) is 10.7. The third-order valence-corrected chi connectivity index (χ3v) is 17.5. The highest BCUT2D eigenvalue weighted by molar-refractivity contribution is 7.24. The molecule has 0 saturated carbocycles. The topological polar surface area (TPSA) is 34.6 Å². The summed E-state index contributed by atoms with van der Waals surface area (Å²) in [6.07, 6.45) is 0. The lowest BCUT2D eigenvalue weighted by atomic mass is 10.00. The molecule has 0 aliphatic heterocycles. The van der Waals surface area contributed by atoms with E-state index in [-0.39, 0.29) is 0 Å². The van der Waals surface area contributed by atoms with Crippen LogP contribution in [-0.2, 0) is 0 Å². The van der Waals surface area contributed by atoms with E-state index in [1.807, 2.05) is 0 Å². The van der Waals surface area contributed by atoms with Crippen molar-refractivity contribution in [1.29, 1.82) is 0 Å². The number of hydrogen-bond acceptors (Lipinski definition) is 4. The third kappa shape index (κ3) is 4.24. The minimum atomic E-state index is -2.86. The normalized spacial score (nSPS) is 12.3. The molecule has 0 amide bonds. The van der Waals surface area contributed by atoms with E-state index in [2.05, 4.69) is 180 Å². The summed E-state index contributed by atoms with van der Waals surface area (Å²) < 4.78 is 7.17. The Balaban J connectivity index is 1.20. The summed E-state index contributed by atoms with van der Waals surface area (Å²) in [7, 11) is -2.86. The van der Waals surface area contributed by atoms with E-state index in [9.17, 15) is 0 Å². The average molecular weight is 719 g/mol. The lowest BCUT2D eigenvalue weighted by molar-refractivity contribution is 1.34. The smallest absolute Gasteiger partial charge is 0.195 e. The maximum atomic E-state index is 5.06. The molecule has 52 heavy (non-hydrogen) atoms. The Morgan fingerprint density at radius 1 is 0.442 bits per heavy atom. The van der Waals surface area contributed by atoms with Crippen LogP contribution < -0.4 is 20.7 Å². The highest BCUT2D eigenvalue weighted by Crippen LogP contribution is 2.35. The average Bonchev–Trinajstić information content (AvgIpc) is 3.93. The predicted octanol–water partition coefficient (Wildman–Crippen LogP) is 9.07. The molecular formula is C45H30N4S2Si. The summed E-state index contributed by atoms with van der Waals surface area (Å²) >= 11 is 3.51. The Labute approximate surface area is 308 Å². The van der Waals surface area contributed by atoms with E-state index in [1.165, 1.54) is 57.9 Å². The van der Waals surface area contributed by atoms with E-state index in [0.29, 0.717) is 0 Å². The van der Waals surface area contributed by atoms with Crippen LogP contribution in [0.5, 0.6) is 0 Å². The van der Waals surface area contributed by atoms with Crippen LogP contribution in [0.4, 0.5) is 0 Å². The van der Waals surface area contributed by atoms with Gasteiger partial charge >= 0.3 is 0 Å². The van der Waals surface area contributed by atoms with Gasteiger partial charge in [-0.3, -0.25) is 8.80 Å². The highest BCUT2D eigenvalue weighted by atomic mass is 32.1. The molecule has 4 heterocycles. The molecule has 4 nitrogen and oxygen atoms in total. The zero-order valence-electron chi connectivity index (χ0n) is 28.2. The number of benzene rings is 7. The molecule has 0 atom stereocenters. The van der Waals surface area contributed by atoms with Gasteiger partial charge in [-0.1, -0.05) is 138 Å². The van der Waals surface area contributed by atoms with Crippen LogP contribution >= 0.6 is 22.7 Å². The molecule has 7 aromatic carbocycles. The zero-order valence-corrected chi connectivity index (χ0v) is 30.8. The first-order valence-electron chi connectivity index (χ1n) is 17.5. The Hall–Kier alpha value is -5.86. The summed E-state index contributed by atoms with van der Waals surface area (Å²) in [5.41, 5.74) is 10.4. The Morgan fingerprint density at radius 3 is 1.81 bits per heavy atom. The summed E-state index contributed by atoms with van der Waals surface area (Å²) in [5, 5.41) is 5.41. The van der Waals surface area contributed by atoms with E-state index < -0.39 is 8.07 Å². The maximum absolute atomic E-state index is 5.06. The molecule has 0 bridgehead atoms. The molecule has 0 saturated heterocycles. The van der Waals surface area contributed by atoms with Gasteiger partial charge in [-0.15, -0.1) is 0 Å². The van der Waals surface area contributed by atoms with Gasteiger partial charge in [0.25, 0.3) is 0 Å². The number of nitrogens with zero attached hydrogens (tertiary/aromatic N) is 4. The first kappa shape index (κ1) is 29.8. The van der Waals surface area contributed by atoms with Gasteiger partial charge in [0.05, 0.1) is 42.5 Å². The van der Waals surface area contributed by atoms with Crippen LogP contribution in [0, 0.1) is 6.92 Å². The molecule has 0 aliphatic carbocycles.